The minimum absolute atomic E-state index is 0.230. The Kier molecular flexibility index (Phi) is 4.44. The summed E-state index contributed by atoms with van der Waals surface area (Å²) in [5, 5.41) is 0. The molecule has 0 aliphatic heterocycles. The van der Waals surface area contributed by atoms with Gasteiger partial charge in [0.2, 0.25) is 0 Å². The van der Waals surface area contributed by atoms with Crippen LogP contribution in [0.4, 0.5) is 0 Å². The molecule has 0 spiro atoms. The van der Waals surface area contributed by atoms with E-state index in [1.165, 1.54) is 12.8 Å². The summed E-state index contributed by atoms with van der Waals surface area (Å²) in [6.45, 7) is 13.6. The quantitative estimate of drug-likeness (QED) is 0.647. The molecule has 0 rings (SSSR count). The molecule has 80 valence electrons. The van der Waals surface area contributed by atoms with Crippen LogP contribution in [-0.4, -0.2) is 13.2 Å². The average Bonchev–Trinajstić information content (AvgIpc) is 1.83. The van der Waals surface area contributed by atoms with Gasteiger partial charge in [-0.25, -0.2) is 0 Å². The van der Waals surface area contributed by atoms with Gasteiger partial charge in [-0.3, -0.25) is 0 Å². The third-order valence-corrected chi connectivity index (χ3v) is 2.63. The van der Waals surface area contributed by atoms with Crippen molar-refractivity contribution in [3.8, 4) is 0 Å². The predicted octanol–water partition coefficient (Wildman–Crippen LogP) is 3.87. The lowest BCUT2D eigenvalue weighted by atomic mass is 9.71. The van der Waals surface area contributed by atoms with E-state index in [1.54, 1.807) is 0 Å². The first kappa shape index (κ1) is 13.0. The topological polar surface area (TPSA) is 9.23 Å². The van der Waals surface area contributed by atoms with Crippen molar-refractivity contribution in [2.45, 2.75) is 60.5 Å². The molecule has 0 saturated heterocycles. The lowest BCUT2D eigenvalue weighted by Crippen LogP contribution is -2.41. The van der Waals surface area contributed by atoms with E-state index in [0.29, 0.717) is 6.10 Å². The molecule has 1 atom stereocenters. The maximum Gasteiger partial charge on any atom is 0.0670 e. The van der Waals surface area contributed by atoms with Crippen LogP contribution >= 0.6 is 0 Å². The van der Waals surface area contributed by atoms with Crippen LogP contribution in [0.3, 0.4) is 0 Å². The second-order valence-electron chi connectivity index (χ2n) is 5.72. The van der Waals surface area contributed by atoms with Gasteiger partial charge >= 0.3 is 0 Å². The molecule has 13 heavy (non-hydrogen) atoms. The van der Waals surface area contributed by atoms with Crippen LogP contribution in [0.1, 0.15) is 54.4 Å². The Hall–Kier alpha value is -0.0400. The van der Waals surface area contributed by atoms with Crippen molar-refractivity contribution in [3.05, 3.63) is 0 Å². The zero-order valence-corrected chi connectivity index (χ0v) is 10.4. The predicted molar refractivity (Wildman–Crippen MR) is 58.9 cm³/mol. The van der Waals surface area contributed by atoms with Crippen LogP contribution < -0.4 is 0 Å². The van der Waals surface area contributed by atoms with E-state index >= 15 is 0 Å². The van der Waals surface area contributed by atoms with Crippen molar-refractivity contribution in [3.63, 3.8) is 0 Å². The fourth-order valence-corrected chi connectivity index (χ4v) is 2.62. The van der Waals surface area contributed by atoms with Crippen LogP contribution in [0.5, 0.6) is 0 Å². The van der Waals surface area contributed by atoms with Gasteiger partial charge in [0.25, 0.3) is 0 Å². The van der Waals surface area contributed by atoms with E-state index < -0.39 is 0 Å². The summed E-state index contributed by atoms with van der Waals surface area (Å²) in [6.07, 6.45) is 2.78. The molecule has 1 heteroatoms. The van der Waals surface area contributed by atoms with Crippen molar-refractivity contribution >= 4 is 0 Å². The lowest BCUT2D eigenvalue weighted by molar-refractivity contribution is -0.0675. The molecule has 1 nitrogen and oxygen atoms in total. The summed E-state index contributed by atoms with van der Waals surface area (Å²) in [5.74, 6) is 0. The van der Waals surface area contributed by atoms with E-state index in [9.17, 15) is 0 Å². The Morgan fingerprint density at radius 2 is 1.54 bits per heavy atom. The highest BCUT2D eigenvalue weighted by atomic mass is 16.5. The first-order valence-electron chi connectivity index (χ1n) is 5.28. The average molecular weight is 186 g/mol. The van der Waals surface area contributed by atoms with Gasteiger partial charge in [0.1, 0.15) is 0 Å². The van der Waals surface area contributed by atoms with Crippen LogP contribution in [0, 0.1) is 10.8 Å². The first-order chi connectivity index (χ1) is 5.75. The van der Waals surface area contributed by atoms with E-state index in [4.69, 9.17) is 4.74 Å². The number of hydrogen-bond acceptors (Lipinski definition) is 1. The third kappa shape index (κ3) is 3.68. The molecule has 0 aromatic carbocycles. The minimum atomic E-state index is 0.230. The molecule has 0 saturated carbocycles. The summed E-state index contributed by atoms with van der Waals surface area (Å²) in [6, 6.07) is 0. The molecular formula is C12H26O. The largest absolute Gasteiger partial charge is 0.380 e. The number of hydrogen-bond donors (Lipinski definition) is 0. The Labute approximate surface area is 83.9 Å². The molecule has 0 bridgehead atoms. The molecule has 0 amide bonds. The van der Waals surface area contributed by atoms with Gasteiger partial charge in [-0.1, -0.05) is 48.0 Å². The third-order valence-electron chi connectivity index (χ3n) is 2.63. The number of ether oxygens (including phenoxy) is 1. The number of methoxy groups -OCH3 is 1. The molecule has 0 unspecified atom stereocenters. The van der Waals surface area contributed by atoms with E-state index in [2.05, 4.69) is 41.5 Å². The summed E-state index contributed by atoms with van der Waals surface area (Å²) < 4.78 is 5.63. The standard InChI is InChI=1S/C12H26O/c1-8-9-12(5,6)10(13-7)11(2,3)4/h10H,8-9H2,1-7H3/t10-/m0/s1. The van der Waals surface area contributed by atoms with Crippen molar-refractivity contribution in [2.24, 2.45) is 10.8 Å². The maximum absolute atomic E-state index is 5.63. The summed E-state index contributed by atoms with van der Waals surface area (Å²) in [5.41, 5.74) is 0.509. The summed E-state index contributed by atoms with van der Waals surface area (Å²) in [7, 11) is 1.83. The van der Waals surface area contributed by atoms with Gasteiger partial charge in [-0.2, -0.15) is 0 Å². The van der Waals surface area contributed by atoms with Gasteiger partial charge in [-0.15, -0.1) is 0 Å². The highest BCUT2D eigenvalue weighted by Crippen LogP contribution is 2.38. The van der Waals surface area contributed by atoms with Crippen molar-refractivity contribution in [1.29, 1.82) is 0 Å². The van der Waals surface area contributed by atoms with Gasteiger partial charge in [-0.05, 0) is 17.3 Å². The molecule has 0 aliphatic carbocycles. The maximum atomic E-state index is 5.63. The lowest BCUT2D eigenvalue weighted by Gasteiger charge is -2.41. The minimum Gasteiger partial charge on any atom is -0.380 e. The molecule has 0 radical (unpaired) electrons. The molecule has 0 aromatic heterocycles. The van der Waals surface area contributed by atoms with Crippen LogP contribution in [-0.2, 0) is 4.74 Å². The van der Waals surface area contributed by atoms with Gasteiger partial charge in [0, 0.05) is 7.11 Å². The molecule has 0 heterocycles. The monoisotopic (exact) mass is 186 g/mol. The van der Waals surface area contributed by atoms with E-state index in [-0.39, 0.29) is 10.8 Å². The highest BCUT2D eigenvalue weighted by molar-refractivity contribution is 4.87. The molecule has 0 N–H and O–H groups in total. The molecular weight excluding hydrogens is 160 g/mol. The summed E-state index contributed by atoms with van der Waals surface area (Å²) in [4.78, 5) is 0. The highest BCUT2D eigenvalue weighted by Gasteiger charge is 2.37. The zero-order valence-electron chi connectivity index (χ0n) is 10.4. The van der Waals surface area contributed by atoms with Crippen LogP contribution in [0.2, 0.25) is 0 Å². The summed E-state index contributed by atoms with van der Waals surface area (Å²) >= 11 is 0. The fourth-order valence-electron chi connectivity index (χ4n) is 2.62. The van der Waals surface area contributed by atoms with Crippen molar-refractivity contribution < 1.29 is 4.74 Å². The Balaban J connectivity index is 4.56. The molecule has 0 fully saturated rings. The van der Waals surface area contributed by atoms with E-state index in [1.807, 2.05) is 7.11 Å². The Morgan fingerprint density at radius 3 is 1.77 bits per heavy atom. The van der Waals surface area contributed by atoms with E-state index in [0.717, 1.165) is 0 Å². The second kappa shape index (κ2) is 4.45. The second-order valence-corrected chi connectivity index (χ2v) is 5.72. The Bertz CT molecular complexity index is 142. The SMILES string of the molecule is CCCC(C)(C)[C@@H](OC)C(C)(C)C. The Morgan fingerprint density at radius 1 is 1.08 bits per heavy atom. The van der Waals surface area contributed by atoms with Gasteiger partial charge in [0.05, 0.1) is 6.10 Å². The fraction of sp³-hybridized carbons (Fsp3) is 1.00. The molecule has 0 aliphatic rings. The van der Waals surface area contributed by atoms with Crippen LogP contribution in [0.15, 0.2) is 0 Å². The van der Waals surface area contributed by atoms with Gasteiger partial charge in [0.15, 0.2) is 0 Å². The first-order valence-corrected chi connectivity index (χ1v) is 5.28. The van der Waals surface area contributed by atoms with Crippen molar-refractivity contribution in [2.75, 3.05) is 7.11 Å². The van der Waals surface area contributed by atoms with Crippen molar-refractivity contribution in [1.82, 2.24) is 0 Å². The zero-order chi connectivity index (χ0) is 10.7. The van der Waals surface area contributed by atoms with Crippen LogP contribution in [0.25, 0.3) is 0 Å². The normalized spacial score (nSPS) is 15.9. The number of rotatable bonds is 4. The molecule has 0 aromatic rings. The smallest absolute Gasteiger partial charge is 0.0670 e. The van der Waals surface area contributed by atoms with Gasteiger partial charge < -0.3 is 4.74 Å².